The molecule has 6 heteroatoms. The summed E-state index contributed by atoms with van der Waals surface area (Å²) in [6, 6.07) is 0. The molecule has 2 rings (SSSR count). The Labute approximate surface area is 131 Å². The highest BCUT2D eigenvalue weighted by Crippen LogP contribution is 2.41. The number of nitrogens with one attached hydrogen (secondary N) is 1. The molecule has 1 saturated heterocycles. The molecule has 1 unspecified atom stereocenters. The summed E-state index contributed by atoms with van der Waals surface area (Å²) < 4.78 is 16.1. The molecule has 0 aromatic carbocycles. The fourth-order valence-electron chi connectivity index (χ4n) is 3.14. The second-order valence-electron chi connectivity index (χ2n) is 6.08. The van der Waals surface area contributed by atoms with E-state index in [1.54, 1.807) is 6.92 Å². The first-order chi connectivity index (χ1) is 10.5. The molecular formula is C16H25NO5. The van der Waals surface area contributed by atoms with E-state index >= 15 is 0 Å². The van der Waals surface area contributed by atoms with Crippen LogP contribution in [0.5, 0.6) is 0 Å². The van der Waals surface area contributed by atoms with Crippen LogP contribution in [0, 0.1) is 5.92 Å². The maximum absolute atomic E-state index is 12.0. The van der Waals surface area contributed by atoms with Gasteiger partial charge in [-0.2, -0.15) is 0 Å². The van der Waals surface area contributed by atoms with Gasteiger partial charge in [0, 0.05) is 17.9 Å². The summed E-state index contributed by atoms with van der Waals surface area (Å²) in [7, 11) is 0. The molecule has 1 heterocycles. The molecular weight excluding hydrogens is 286 g/mol. The maximum atomic E-state index is 12.0. The minimum absolute atomic E-state index is 0.105. The number of hydrogen-bond acceptors (Lipinski definition) is 5. The Balaban J connectivity index is 1.75. The highest BCUT2D eigenvalue weighted by molar-refractivity contribution is 5.86. The number of carbonyl (C=O) groups excluding carboxylic acids is 2. The molecule has 0 spiro atoms. The van der Waals surface area contributed by atoms with Crippen LogP contribution in [0.15, 0.2) is 12.2 Å². The average Bonchev–Trinajstić information content (AvgIpc) is 3.14. The van der Waals surface area contributed by atoms with E-state index in [0.29, 0.717) is 24.7 Å². The molecule has 2 fully saturated rings. The topological polar surface area (TPSA) is 73.9 Å². The van der Waals surface area contributed by atoms with E-state index in [1.165, 1.54) is 12.8 Å². The van der Waals surface area contributed by atoms with Gasteiger partial charge in [-0.25, -0.2) is 9.59 Å². The zero-order chi connectivity index (χ0) is 16.0. The lowest BCUT2D eigenvalue weighted by molar-refractivity contribution is -0.138. The van der Waals surface area contributed by atoms with E-state index in [4.69, 9.17) is 14.2 Å². The van der Waals surface area contributed by atoms with Gasteiger partial charge in [0.1, 0.15) is 12.2 Å². The highest BCUT2D eigenvalue weighted by atomic mass is 16.6. The summed E-state index contributed by atoms with van der Waals surface area (Å²) in [5, 5.41) is 2.63. The van der Waals surface area contributed by atoms with E-state index in [-0.39, 0.29) is 13.2 Å². The average molecular weight is 311 g/mol. The smallest absolute Gasteiger partial charge is 0.407 e. The molecule has 2 aliphatic rings. The molecule has 1 saturated carbocycles. The molecule has 1 atom stereocenters. The first-order valence-corrected chi connectivity index (χ1v) is 7.91. The van der Waals surface area contributed by atoms with Crippen LogP contribution >= 0.6 is 0 Å². The van der Waals surface area contributed by atoms with E-state index < -0.39 is 17.7 Å². The van der Waals surface area contributed by atoms with Crippen LogP contribution in [0.4, 0.5) is 4.79 Å². The lowest BCUT2D eigenvalue weighted by Crippen LogP contribution is -2.45. The molecule has 22 heavy (non-hydrogen) atoms. The van der Waals surface area contributed by atoms with E-state index in [1.807, 2.05) is 0 Å². The van der Waals surface area contributed by atoms with Crippen LogP contribution in [0.1, 0.15) is 39.0 Å². The van der Waals surface area contributed by atoms with Gasteiger partial charge in [-0.05, 0) is 19.8 Å². The number of ether oxygens (including phenoxy) is 3. The summed E-state index contributed by atoms with van der Waals surface area (Å²) in [5.41, 5.74) is -0.138. The number of carbonyl (C=O) groups is 2. The summed E-state index contributed by atoms with van der Waals surface area (Å²) in [5.74, 6) is -0.0659. The lowest BCUT2D eigenvalue weighted by Gasteiger charge is -2.33. The molecule has 0 aromatic rings. The predicted molar refractivity (Wildman–Crippen MR) is 80.4 cm³/mol. The van der Waals surface area contributed by atoms with Crippen molar-refractivity contribution in [1.82, 2.24) is 5.32 Å². The van der Waals surface area contributed by atoms with E-state index in [0.717, 1.165) is 19.3 Å². The third kappa shape index (κ3) is 4.22. The molecule has 1 aliphatic carbocycles. The Kier molecular flexibility index (Phi) is 5.83. The molecule has 0 radical (unpaired) electrons. The monoisotopic (exact) mass is 311 g/mol. The molecule has 1 aliphatic heterocycles. The largest absolute Gasteiger partial charge is 0.460 e. The summed E-state index contributed by atoms with van der Waals surface area (Å²) in [4.78, 5) is 23.2. The van der Waals surface area contributed by atoms with Gasteiger partial charge in [-0.1, -0.05) is 19.4 Å². The number of esters is 1. The Morgan fingerprint density at radius 2 is 2.09 bits per heavy atom. The van der Waals surface area contributed by atoms with Gasteiger partial charge in [-0.3, -0.25) is 0 Å². The van der Waals surface area contributed by atoms with Crippen LogP contribution in [0.25, 0.3) is 0 Å². The van der Waals surface area contributed by atoms with Crippen LogP contribution in [0.2, 0.25) is 0 Å². The van der Waals surface area contributed by atoms with Crippen molar-refractivity contribution in [2.45, 2.75) is 44.6 Å². The maximum Gasteiger partial charge on any atom is 0.407 e. The molecule has 124 valence electrons. The van der Waals surface area contributed by atoms with Gasteiger partial charge in [0.05, 0.1) is 19.8 Å². The third-order valence-electron chi connectivity index (χ3n) is 4.36. The molecule has 0 aromatic heterocycles. The first-order valence-electron chi connectivity index (χ1n) is 7.91. The molecule has 0 bridgehead atoms. The number of rotatable bonds is 6. The second-order valence-corrected chi connectivity index (χ2v) is 6.08. The van der Waals surface area contributed by atoms with Crippen molar-refractivity contribution >= 4 is 12.1 Å². The molecule has 1 amide bonds. The fraction of sp³-hybridized carbons (Fsp3) is 0.750. The van der Waals surface area contributed by atoms with Crippen LogP contribution in [0.3, 0.4) is 0 Å². The summed E-state index contributed by atoms with van der Waals surface area (Å²) >= 11 is 0. The fourth-order valence-corrected chi connectivity index (χ4v) is 3.14. The van der Waals surface area contributed by atoms with Crippen molar-refractivity contribution in [2.75, 3.05) is 26.4 Å². The number of alkyl carbamates (subject to hydrolysis) is 1. The quantitative estimate of drug-likeness (QED) is 0.462. The van der Waals surface area contributed by atoms with Crippen molar-refractivity contribution in [2.24, 2.45) is 5.92 Å². The van der Waals surface area contributed by atoms with Gasteiger partial charge < -0.3 is 19.5 Å². The highest BCUT2D eigenvalue weighted by Gasteiger charge is 2.46. The summed E-state index contributed by atoms with van der Waals surface area (Å²) in [6.45, 7) is 6.52. The Bertz CT molecular complexity index is 422. The lowest BCUT2D eigenvalue weighted by atomic mass is 9.85. The zero-order valence-electron chi connectivity index (χ0n) is 13.2. The van der Waals surface area contributed by atoms with E-state index in [9.17, 15) is 9.59 Å². The molecule has 6 nitrogen and oxygen atoms in total. The standard InChI is InChI=1S/C16H25NO5/c1-12(2)14(18)21-10-8-17-15(19)22-16(7-9-20-11-16)13-5-3-4-6-13/h13H,1,3-11H2,2H3,(H,17,19). The Hall–Kier alpha value is -1.56. The van der Waals surface area contributed by atoms with Gasteiger partial charge >= 0.3 is 12.1 Å². The summed E-state index contributed by atoms with van der Waals surface area (Å²) in [6.07, 6.45) is 4.85. The van der Waals surface area contributed by atoms with Crippen LogP contribution in [-0.2, 0) is 19.0 Å². The SMILES string of the molecule is C=C(C)C(=O)OCCNC(=O)OC1(C2CCCC2)CCOC1. The second kappa shape index (κ2) is 7.63. The van der Waals surface area contributed by atoms with Crippen molar-refractivity contribution < 1.29 is 23.8 Å². The van der Waals surface area contributed by atoms with Crippen molar-refractivity contribution in [3.8, 4) is 0 Å². The number of amides is 1. The van der Waals surface area contributed by atoms with Crippen molar-refractivity contribution in [3.63, 3.8) is 0 Å². The van der Waals surface area contributed by atoms with Gasteiger partial charge in [0.25, 0.3) is 0 Å². The predicted octanol–water partition coefficient (Wildman–Crippen LogP) is 2.18. The Morgan fingerprint density at radius 3 is 2.68 bits per heavy atom. The first kappa shape index (κ1) is 16.8. The van der Waals surface area contributed by atoms with Crippen LogP contribution in [-0.4, -0.2) is 44.0 Å². The van der Waals surface area contributed by atoms with Gasteiger partial charge in [0.2, 0.25) is 0 Å². The van der Waals surface area contributed by atoms with Gasteiger partial charge in [0.15, 0.2) is 0 Å². The molecule has 1 N–H and O–H groups in total. The van der Waals surface area contributed by atoms with Crippen LogP contribution < -0.4 is 5.32 Å². The normalized spacial score (nSPS) is 25.0. The minimum Gasteiger partial charge on any atom is -0.460 e. The minimum atomic E-state index is -0.477. The van der Waals surface area contributed by atoms with Crippen molar-refractivity contribution in [3.05, 3.63) is 12.2 Å². The Morgan fingerprint density at radius 1 is 1.36 bits per heavy atom. The van der Waals surface area contributed by atoms with Gasteiger partial charge in [-0.15, -0.1) is 0 Å². The third-order valence-corrected chi connectivity index (χ3v) is 4.36. The number of hydrogen-bond donors (Lipinski definition) is 1. The zero-order valence-corrected chi connectivity index (χ0v) is 13.2. The van der Waals surface area contributed by atoms with Crippen molar-refractivity contribution in [1.29, 1.82) is 0 Å². The van der Waals surface area contributed by atoms with E-state index in [2.05, 4.69) is 11.9 Å².